The first-order valence-electron chi connectivity index (χ1n) is 9.21. The lowest BCUT2D eigenvalue weighted by molar-refractivity contribution is -0.268. The Morgan fingerprint density at radius 3 is 2.33 bits per heavy atom. The number of hydrogen-bond acceptors (Lipinski definition) is 9. The molecule has 0 amide bonds. The maximum Gasteiger partial charge on any atom is 0.229 e. The van der Waals surface area contributed by atoms with Crippen LogP contribution >= 0.6 is 0 Å². The molecule has 158 valence electrons. The van der Waals surface area contributed by atoms with Crippen LogP contribution in [0.1, 0.15) is 6.92 Å². The Kier molecular flexibility index (Phi) is 5.12. The first kappa shape index (κ1) is 20.2. The van der Waals surface area contributed by atoms with Crippen molar-refractivity contribution in [2.24, 2.45) is 0 Å². The van der Waals surface area contributed by atoms with E-state index < -0.39 is 36.1 Å². The van der Waals surface area contributed by atoms with Crippen molar-refractivity contribution in [1.82, 2.24) is 0 Å². The molecule has 5 N–H and O–H groups in total. The van der Waals surface area contributed by atoms with Crippen molar-refractivity contribution in [3.8, 4) is 28.6 Å². The molecular formula is C21H20O9. The molecule has 3 aromatic rings. The molecule has 0 saturated carbocycles. The number of fused-ring (bicyclic) bond motifs is 1. The zero-order chi connectivity index (χ0) is 21.6. The molecule has 1 unspecified atom stereocenters. The number of phenols is 2. The highest BCUT2D eigenvalue weighted by Crippen LogP contribution is 2.31. The molecular weight excluding hydrogens is 396 g/mol. The summed E-state index contributed by atoms with van der Waals surface area (Å²) in [7, 11) is 0. The van der Waals surface area contributed by atoms with Gasteiger partial charge in [0.25, 0.3) is 0 Å². The van der Waals surface area contributed by atoms with Gasteiger partial charge >= 0.3 is 0 Å². The van der Waals surface area contributed by atoms with Crippen LogP contribution in [0, 0.1) is 0 Å². The summed E-state index contributed by atoms with van der Waals surface area (Å²) in [6, 6.07) is 9.83. The Hall–Kier alpha value is -3.11. The van der Waals surface area contributed by atoms with E-state index in [1.807, 2.05) is 0 Å². The molecule has 0 bridgehead atoms. The van der Waals surface area contributed by atoms with E-state index in [0.29, 0.717) is 11.3 Å². The van der Waals surface area contributed by atoms with Crippen molar-refractivity contribution in [1.29, 1.82) is 0 Å². The van der Waals surface area contributed by atoms with Gasteiger partial charge in [-0.25, -0.2) is 0 Å². The van der Waals surface area contributed by atoms with E-state index in [4.69, 9.17) is 13.9 Å². The third-order valence-electron chi connectivity index (χ3n) is 4.99. The molecule has 4 rings (SSSR count). The number of rotatable bonds is 3. The number of aliphatic hydroxyl groups excluding tert-OH is 3. The van der Waals surface area contributed by atoms with Crippen molar-refractivity contribution in [2.45, 2.75) is 37.6 Å². The fourth-order valence-electron chi connectivity index (χ4n) is 3.34. The second kappa shape index (κ2) is 7.62. The van der Waals surface area contributed by atoms with Crippen LogP contribution in [0.4, 0.5) is 0 Å². The predicted molar refractivity (Wildman–Crippen MR) is 104 cm³/mol. The number of aromatic hydroxyl groups is 2. The molecule has 0 radical (unpaired) electrons. The SMILES string of the molecule is C[C@H]1OC(Oc2ccc(-c3cc(=O)c4c(O)cc(O)cc4o3)cc2)[C@@H](O)[C@@H](O)[C@@H]1O. The van der Waals surface area contributed by atoms with Gasteiger partial charge in [0.15, 0.2) is 5.43 Å². The molecule has 5 atom stereocenters. The summed E-state index contributed by atoms with van der Waals surface area (Å²) in [5.41, 5.74) is 0.0954. The largest absolute Gasteiger partial charge is 0.508 e. The van der Waals surface area contributed by atoms with E-state index in [1.54, 1.807) is 31.2 Å². The maximum atomic E-state index is 12.3. The number of aliphatic hydroxyl groups is 3. The molecule has 1 saturated heterocycles. The van der Waals surface area contributed by atoms with E-state index in [1.165, 1.54) is 12.1 Å². The molecule has 1 aromatic heterocycles. The molecule has 30 heavy (non-hydrogen) atoms. The van der Waals surface area contributed by atoms with Crippen LogP contribution in [0.25, 0.3) is 22.3 Å². The average Bonchev–Trinajstić information content (AvgIpc) is 2.70. The monoisotopic (exact) mass is 416 g/mol. The number of hydrogen-bond donors (Lipinski definition) is 5. The van der Waals surface area contributed by atoms with Gasteiger partial charge in [-0.2, -0.15) is 0 Å². The molecule has 0 aliphatic carbocycles. The predicted octanol–water partition coefficient (Wildman–Crippen LogP) is 1.08. The van der Waals surface area contributed by atoms with E-state index in [-0.39, 0.29) is 28.2 Å². The van der Waals surface area contributed by atoms with Crippen LogP contribution in [0.2, 0.25) is 0 Å². The van der Waals surface area contributed by atoms with Gasteiger partial charge in [-0.15, -0.1) is 0 Å². The van der Waals surface area contributed by atoms with Crippen LogP contribution in [0.5, 0.6) is 17.2 Å². The van der Waals surface area contributed by atoms with Gasteiger partial charge in [-0.1, -0.05) is 0 Å². The number of benzene rings is 2. The Morgan fingerprint density at radius 1 is 0.933 bits per heavy atom. The fraction of sp³-hybridized carbons (Fsp3) is 0.286. The van der Waals surface area contributed by atoms with Crippen molar-refractivity contribution in [3.63, 3.8) is 0 Å². The van der Waals surface area contributed by atoms with Gasteiger partial charge in [0, 0.05) is 23.8 Å². The third kappa shape index (κ3) is 3.59. The zero-order valence-corrected chi connectivity index (χ0v) is 15.8. The average molecular weight is 416 g/mol. The summed E-state index contributed by atoms with van der Waals surface area (Å²) < 4.78 is 16.6. The summed E-state index contributed by atoms with van der Waals surface area (Å²) in [5, 5.41) is 49.1. The van der Waals surface area contributed by atoms with Crippen LogP contribution in [0.3, 0.4) is 0 Å². The van der Waals surface area contributed by atoms with Crippen LogP contribution in [-0.4, -0.2) is 56.2 Å². The smallest absolute Gasteiger partial charge is 0.229 e. The molecule has 9 nitrogen and oxygen atoms in total. The standard InChI is InChI=1S/C21H20O9/c1-9-18(25)19(26)20(27)21(28-9)29-12-4-2-10(3-5-12)15-8-14(24)17-13(23)6-11(22)7-16(17)30-15/h2-9,18-23,25-27H,1H3/t9-,18-,19+,20+,21?/m1/s1. The van der Waals surface area contributed by atoms with E-state index >= 15 is 0 Å². The van der Waals surface area contributed by atoms with Gasteiger partial charge in [-0.05, 0) is 31.2 Å². The Labute approximate surface area is 170 Å². The van der Waals surface area contributed by atoms with Crippen LogP contribution < -0.4 is 10.2 Å². The Bertz CT molecular complexity index is 1120. The Morgan fingerprint density at radius 2 is 1.63 bits per heavy atom. The summed E-state index contributed by atoms with van der Waals surface area (Å²) in [6.45, 7) is 1.55. The third-order valence-corrected chi connectivity index (χ3v) is 4.99. The second-order valence-corrected chi connectivity index (χ2v) is 7.14. The minimum atomic E-state index is -1.44. The van der Waals surface area contributed by atoms with E-state index in [0.717, 1.165) is 6.07 Å². The first-order valence-corrected chi connectivity index (χ1v) is 9.21. The number of phenolic OH excluding ortho intramolecular Hbond substituents is 2. The fourth-order valence-corrected chi connectivity index (χ4v) is 3.34. The van der Waals surface area contributed by atoms with Gasteiger partial charge in [0.2, 0.25) is 6.29 Å². The Balaban J connectivity index is 1.59. The lowest BCUT2D eigenvalue weighted by Gasteiger charge is -2.38. The topological polar surface area (TPSA) is 150 Å². The maximum absolute atomic E-state index is 12.3. The van der Waals surface area contributed by atoms with Gasteiger partial charge in [0.05, 0.1) is 6.10 Å². The highest BCUT2D eigenvalue weighted by atomic mass is 16.7. The van der Waals surface area contributed by atoms with Gasteiger partial charge in [-0.3, -0.25) is 4.79 Å². The quantitative estimate of drug-likeness (QED) is 0.423. The number of ether oxygens (including phenoxy) is 2. The summed E-state index contributed by atoms with van der Waals surface area (Å²) >= 11 is 0. The van der Waals surface area contributed by atoms with Gasteiger partial charge in [0.1, 0.15) is 52.3 Å². The van der Waals surface area contributed by atoms with Crippen molar-refractivity contribution < 1.29 is 39.4 Å². The molecule has 2 aromatic carbocycles. The lowest BCUT2D eigenvalue weighted by atomic mass is 10.00. The zero-order valence-electron chi connectivity index (χ0n) is 15.8. The summed E-state index contributed by atoms with van der Waals surface area (Å²) in [6.07, 6.45) is -5.97. The highest BCUT2D eigenvalue weighted by Gasteiger charge is 2.43. The summed E-state index contributed by atoms with van der Waals surface area (Å²) in [5.74, 6) is -0.0829. The highest BCUT2D eigenvalue weighted by molar-refractivity contribution is 5.86. The van der Waals surface area contributed by atoms with E-state index in [9.17, 15) is 30.3 Å². The molecule has 9 heteroatoms. The van der Waals surface area contributed by atoms with Crippen molar-refractivity contribution in [2.75, 3.05) is 0 Å². The van der Waals surface area contributed by atoms with Crippen LogP contribution in [0.15, 0.2) is 51.7 Å². The summed E-state index contributed by atoms with van der Waals surface area (Å²) in [4.78, 5) is 12.3. The van der Waals surface area contributed by atoms with E-state index in [2.05, 4.69) is 0 Å². The minimum Gasteiger partial charge on any atom is -0.508 e. The molecule has 0 spiro atoms. The molecule has 1 aliphatic rings. The van der Waals surface area contributed by atoms with Crippen LogP contribution in [-0.2, 0) is 4.74 Å². The first-order chi connectivity index (χ1) is 14.2. The normalized spacial score (nSPS) is 26.6. The minimum absolute atomic E-state index is 0.0326. The molecule has 2 heterocycles. The van der Waals surface area contributed by atoms with Crippen molar-refractivity contribution in [3.05, 3.63) is 52.7 Å². The lowest BCUT2D eigenvalue weighted by Crippen LogP contribution is -2.58. The molecule has 1 fully saturated rings. The van der Waals surface area contributed by atoms with Gasteiger partial charge < -0.3 is 39.4 Å². The van der Waals surface area contributed by atoms with Crippen molar-refractivity contribution >= 4 is 11.0 Å². The second-order valence-electron chi connectivity index (χ2n) is 7.14. The molecule has 1 aliphatic heterocycles.